The lowest BCUT2D eigenvalue weighted by Crippen LogP contribution is -2.27. The lowest BCUT2D eigenvalue weighted by atomic mass is 10.1. The number of carbonyl (C=O) groups excluding carboxylic acids is 1. The third-order valence-electron chi connectivity index (χ3n) is 3.22. The van der Waals surface area contributed by atoms with E-state index in [9.17, 15) is 4.79 Å². The Hall–Kier alpha value is -2.04. The maximum absolute atomic E-state index is 11.7. The fraction of sp³-hybridized carbons (Fsp3) is 0.529. The minimum atomic E-state index is -0.512. The van der Waals surface area contributed by atoms with Gasteiger partial charge < -0.3 is 9.47 Å². The second-order valence-electron chi connectivity index (χ2n) is 6.76. The van der Waals surface area contributed by atoms with E-state index in [0.717, 1.165) is 5.56 Å². The number of aliphatic imine (C=N–C) groups is 1. The predicted octanol–water partition coefficient (Wildman–Crippen LogP) is 3.84. The number of nitrogens with one attached hydrogen (secondary N) is 1. The molecule has 0 fully saturated rings. The summed E-state index contributed by atoms with van der Waals surface area (Å²) in [5.41, 5.74) is 1.08. The van der Waals surface area contributed by atoms with E-state index in [2.05, 4.69) is 24.2 Å². The van der Waals surface area contributed by atoms with Gasteiger partial charge in [0, 0.05) is 11.3 Å². The van der Waals surface area contributed by atoms with Gasteiger partial charge in [-0.05, 0) is 51.0 Å². The number of nitrogens with zero attached hydrogens (tertiary/aromatic N) is 1. The molecule has 1 heterocycles. The zero-order valence-electron chi connectivity index (χ0n) is 13.8. The summed E-state index contributed by atoms with van der Waals surface area (Å²) in [6.45, 7) is 10.4. The van der Waals surface area contributed by atoms with Gasteiger partial charge in [-0.25, -0.2) is 9.79 Å². The average Bonchev–Trinajstić information content (AvgIpc) is 2.87. The zero-order chi connectivity index (χ0) is 16.3. The fourth-order valence-corrected chi connectivity index (χ4v) is 2.01. The van der Waals surface area contributed by atoms with Crippen LogP contribution in [0.2, 0.25) is 0 Å². The van der Waals surface area contributed by atoms with Gasteiger partial charge in [-0.1, -0.05) is 13.8 Å². The lowest BCUT2D eigenvalue weighted by molar-refractivity contribution is 0.0636. The third kappa shape index (κ3) is 4.48. The minimum absolute atomic E-state index is 0.217. The Morgan fingerprint density at radius 1 is 1.32 bits per heavy atom. The van der Waals surface area contributed by atoms with Crippen molar-refractivity contribution >= 4 is 17.7 Å². The highest BCUT2D eigenvalue weighted by Gasteiger charge is 2.22. The van der Waals surface area contributed by atoms with Crippen molar-refractivity contribution in [1.82, 2.24) is 0 Å². The van der Waals surface area contributed by atoms with Crippen molar-refractivity contribution < 1.29 is 14.3 Å². The minimum Gasteiger partial charge on any atom is -0.475 e. The number of amides is 1. The van der Waals surface area contributed by atoms with Crippen LogP contribution in [0, 0.1) is 5.92 Å². The van der Waals surface area contributed by atoms with Crippen LogP contribution in [0.4, 0.5) is 10.5 Å². The summed E-state index contributed by atoms with van der Waals surface area (Å²) in [6, 6.07) is 7.61. The van der Waals surface area contributed by atoms with Crippen LogP contribution in [0.1, 0.15) is 40.2 Å². The molecule has 1 amide bonds. The molecule has 1 aliphatic rings. The predicted molar refractivity (Wildman–Crippen MR) is 87.4 cm³/mol. The summed E-state index contributed by atoms with van der Waals surface area (Å²) >= 11 is 0. The quantitative estimate of drug-likeness (QED) is 0.923. The second kappa shape index (κ2) is 6.38. The molecular formula is C17H24N2O3. The van der Waals surface area contributed by atoms with Gasteiger partial charge in [-0.3, -0.25) is 5.32 Å². The summed E-state index contributed by atoms with van der Waals surface area (Å²) in [6.07, 6.45) is -0.463. The summed E-state index contributed by atoms with van der Waals surface area (Å²) < 4.78 is 10.9. The van der Waals surface area contributed by atoms with Gasteiger partial charge in [-0.15, -0.1) is 0 Å². The highest BCUT2D eigenvalue weighted by Crippen LogP contribution is 2.19. The fourth-order valence-electron chi connectivity index (χ4n) is 2.01. The highest BCUT2D eigenvalue weighted by atomic mass is 16.6. The zero-order valence-corrected chi connectivity index (χ0v) is 13.8. The molecule has 0 spiro atoms. The van der Waals surface area contributed by atoms with Crippen molar-refractivity contribution in [2.75, 3.05) is 11.9 Å². The van der Waals surface area contributed by atoms with E-state index in [0.29, 0.717) is 24.1 Å². The monoisotopic (exact) mass is 304 g/mol. The van der Waals surface area contributed by atoms with Crippen molar-refractivity contribution in [3.63, 3.8) is 0 Å². The van der Waals surface area contributed by atoms with Crippen LogP contribution in [-0.2, 0) is 9.47 Å². The number of rotatable bonds is 3. The second-order valence-corrected chi connectivity index (χ2v) is 6.76. The van der Waals surface area contributed by atoms with E-state index in [1.807, 2.05) is 45.0 Å². The van der Waals surface area contributed by atoms with E-state index in [1.165, 1.54) is 0 Å². The van der Waals surface area contributed by atoms with E-state index < -0.39 is 11.7 Å². The number of hydrogen-bond donors (Lipinski definition) is 1. The first-order valence-corrected chi connectivity index (χ1v) is 7.55. The van der Waals surface area contributed by atoms with E-state index in [-0.39, 0.29) is 6.04 Å². The van der Waals surface area contributed by atoms with E-state index in [4.69, 9.17) is 9.47 Å². The molecular weight excluding hydrogens is 280 g/mol. The number of benzene rings is 1. The van der Waals surface area contributed by atoms with Crippen LogP contribution in [0.5, 0.6) is 0 Å². The molecule has 1 atom stereocenters. The van der Waals surface area contributed by atoms with Crippen LogP contribution >= 0.6 is 0 Å². The Morgan fingerprint density at radius 2 is 1.95 bits per heavy atom. The Bertz CT molecular complexity index is 556. The molecule has 1 aliphatic heterocycles. The van der Waals surface area contributed by atoms with Crippen molar-refractivity contribution in [2.24, 2.45) is 10.9 Å². The van der Waals surface area contributed by atoms with Gasteiger partial charge in [0.15, 0.2) is 0 Å². The van der Waals surface area contributed by atoms with E-state index >= 15 is 0 Å². The van der Waals surface area contributed by atoms with Crippen molar-refractivity contribution in [1.29, 1.82) is 0 Å². The number of hydrogen-bond acceptors (Lipinski definition) is 4. The molecule has 1 unspecified atom stereocenters. The van der Waals surface area contributed by atoms with Gasteiger partial charge in [-0.2, -0.15) is 0 Å². The average molecular weight is 304 g/mol. The van der Waals surface area contributed by atoms with Gasteiger partial charge in [0.2, 0.25) is 5.90 Å². The van der Waals surface area contributed by atoms with Gasteiger partial charge in [0.25, 0.3) is 0 Å². The van der Waals surface area contributed by atoms with Gasteiger partial charge in [0.05, 0.1) is 6.04 Å². The molecule has 5 heteroatoms. The normalized spacial score (nSPS) is 17.9. The number of anilines is 1. The maximum atomic E-state index is 11.7. The van der Waals surface area contributed by atoms with E-state index in [1.54, 1.807) is 0 Å². The SMILES string of the molecule is CC(C)C1COC(c2ccc(NC(=O)OC(C)(C)C)cc2)=N1. The summed E-state index contributed by atoms with van der Waals surface area (Å²) in [5.74, 6) is 1.13. The molecule has 0 aliphatic carbocycles. The third-order valence-corrected chi connectivity index (χ3v) is 3.22. The molecule has 120 valence electrons. The van der Waals surface area contributed by atoms with Crippen molar-refractivity contribution in [2.45, 2.75) is 46.3 Å². The first kappa shape index (κ1) is 16.3. The standard InChI is InChI=1S/C17H24N2O3/c1-11(2)14-10-21-15(19-14)12-6-8-13(9-7-12)18-16(20)22-17(3,4)5/h6-9,11,14H,10H2,1-5H3,(H,18,20). The van der Waals surface area contributed by atoms with Crippen LogP contribution in [0.15, 0.2) is 29.3 Å². The molecule has 1 N–H and O–H groups in total. The first-order valence-electron chi connectivity index (χ1n) is 7.55. The van der Waals surface area contributed by atoms with Crippen LogP contribution in [-0.4, -0.2) is 30.2 Å². The molecule has 0 aromatic heterocycles. The van der Waals surface area contributed by atoms with Crippen molar-refractivity contribution in [3.8, 4) is 0 Å². The highest BCUT2D eigenvalue weighted by molar-refractivity contribution is 5.96. The summed E-state index contributed by atoms with van der Waals surface area (Å²) in [5, 5.41) is 2.70. The molecule has 1 aromatic rings. The Balaban J connectivity index is 1.99. The molecule has 0 saturated heterocycles. The first-order chi connectivity index (χ1) is 10.2. The Labute approximate surface area is 131 Å². The molecule has 5 nitrogen and oxygen atoms in total. The lowest BCUT2D eigenvalue weighted by Gasteiger charge is -2.19. The number of carbonyl (C=O) groups is 1. The molecule has 0 bridgehead atoms. The maximum Gasteiger partial charge on any atom is 0.412 e. The van der Waals surface area contributed by atoms with Crippen molar-refractivity contribution in [3.05, 3.63) is 29.8 Å². The largest absolute Gasteiger partial charge is 0.475 e. The van der Waals surface area contributed by atoms with Gasteiger partial charge >= 0.3 is 6.09 Å². The molecule has 1 aromatic carbocycles. The smallest absolute Gasteiger partial charge is 0.412 e. The number of ether oxygens (including phenoxy) is 2. The van der Waals surface area contributed by atoms with Crippen LogP contribution in [0.3, 0.4) is 0 Å². The molecule has 22 heavy (non-hydrogen) atoms. The van der Waals surface area contributed by atoms with Crippen LogP contribution in [0.25, 0.3) is 0 Å². The van der Waals surface area contributed by atoms with Crippen LogP contribution < -0.4 is 5.32 Å². The van der Waals surface area contributed by atoms with Gasteiger partial charge in [0.1, 0.15) is 12.2 Å². The molecule has 0 saturated carbocycles. The molecule has 2 rings (SSSR count). The molecule has 0 radical (unpaired) electrons. The summed E-state index contributed by atoms with van der Waals surface area (Å²) in [4.78, 5) is 16.3. The topological polar surface area (TPSA) is 59.9 Å². The summed E-state index contributed by atoms with van der Waals surface area (Å²) in [7, 11) is 0. The Kier molecular flexibility index (Phi) is 4.74. The Morgan fingerprint density at radius 3 is 2.45 bits per heavy atom.